The Bertz CT molecular complexity index is 765. The molecule has 0 bridgehead atoms. The van der Waals surface area contributed by atoms with Crippen molar-refractivity contribution in [2.24, 2.45) is 0 Å². The fourth-order valence-corrected chi connectivity index (χ4v) is 2.42. The summed E-state index contributed by atoms with van der Waals surface area (Å²) in [7, 11) is 0. The monoisotopic (exact) mass is 332 g/mol. The number of Topliss-reactive ketones (excluding diaryl/α,β-unsaturated/α-hetero) is 1. The summed E-state index contributed by atoms with van der Waals surface area (Å²) >= 11 is 0. The molecule has 0 N–H and O–H groups in total. The number of ketones is 1. The van der Waals surface area contributed by atoms with E-state index in [4.69, 9.17) is 9.47 Å². The molecule has 0 atom stereocenters. The van der Waals surface area contributed by atoms with Crippen LogP contribution in [0, 0.1) is 0 Å². The largest absolute Gasteiger partial charge is 0.489 e. The number of carbonyl (C=O) groups excluding carboxylic acids is 1. The Morgan fingerprint density at radius 1 is 0.720 bits per heavy atom. The molecule has 0 aliphatic carbocycles. The average Bonchev–Trinajstić information content (AvgIpc) is 2.66. The third-order valence-electron chi connectivity index (χ3n) is 3.78. The van der Waals surface area contributed by atoms with E-state index >= 15 is 0 Å². The Hall–Kier alpha value is -3.07. The summed E-state index contributed by atoms with van der Waals surface area (Å²) in [5.74, 6) is 1.23. The Morgan fingerprint density at radius 3 is 1.56 bits per heavy atom. The van der Waals surface area contributed by atoms with Crippen molar-refractivity contribution in [3.8, 4) is 11.5 Å². The summed E-state index contributed by atoms with van der Waals surface area (Å²) in [5, 5.41) is 0. The zero-order valence-corrected chi connectivity index (χ0v) is 14.1. The van der Waals surface area contributed by atoms with Gasteiger partial charge in [0, 0.05) is 11.6 Å². The third-order valence-corrected chi connectivity index (χ3v) is 3.78. The summed E-state index contributed by atoms with van der Waals surface area (Å²) < 4.78 is 11.7. The minimum Gasteiger partial charge on any atom is -0.489 e. The zero-order chi connectivity index (χ0) is 17.5. The van der Waals surface area contributed by atoms with Crippen LogP contribution >= 0.6 is 0 Å². The van der Waals surface area contributed by atoms with Crippen molar-refractivity contribution in [2.75, 3.05) is 0 Å². The second-order valence-electron chi connectivity index (χ2n) is 5.80. The van der Waals surface area contributed by atoms with Crippen LogP contribution in [0.4, 0.5) is 0 Å². The van der Waals surface area contributed by atoms with Crippen molar-refractivity contribution in [1.29, 1.82) is 0 Å². The summed E-state index contributed by atoms with van der Waals surface area (Å²) in [6, 6.07) is 25.1. The van der Waals surface area contributed by atoms with Crippen LogP contribution in [-0.4, -0.2) is 5.78 Å². The number of rotatable bonds is 7. The maximum absolute atomic E-state index is 11.8. The first-order valence-corrected chi connectivity index (χ1v) is 8.20. The highest BCUT2D eigenvalue weighted by Gasteiger charge is 2.07. The maximum atomic E-state index is 11.8. The highest BCUT2D eigenvalue weighted by molar-refractivity contribution is 5.94. The molecule has 0 unspecified atom stereocenters. The molecule has 0 fully saturated rings. The minimum atomic E-state index is -0.0188. The predicted molar refractivity (Wildman–Crippen MR) is 98.0 cm³/mol. The lowest BCUT2D eigenvalue weighted by molar-refractivity contribution is 0.101. The molecule has 3 aromatic carbocycles. The van der Waals surface area contributed by atoms with Crippen LogP contribution in [0.1, 0.15) is 28.4 Å². The van der Waals surface area contributed by atoms with Crippen LogP contribution in [0.15, 0.2) is 78.9 Å². The molecule has 0 saturated carbocycles. The molecular formula is C22H20O3. The maximum Gasteiger partial charge on any atom is 0.160 e. The van der Waals surface area contributed by atoms with Gasteiger partial charge in [-0.25, -0.2) is 0 Å². The van der Waals surface area contributed by atoms with Crippen LogP contribution in [0.5, 0.6) is 11.5 Å². The standard InChI is InChI=1S/C22H20O3/c1-17(23)20-12-21(24-15-18-8-4-2-5-9-18)14-22(13-20)25-16-19-10-6-3-7-11-19/h2-14H,15-16H2,1H3. The minimum absolute atomic E-state index is 0.0188. The zero-order valence-electron chi connectivity index (χ0n) is 14.1. The highest BCUT2D eigenvalue weighted by atomic mass is 16.5. The van der Waals surface area contributed by atoms with E-state index in [0.717, 1.165) is 11.1 Å². The van der Waals surface area contributed by atoms with Gasteiger partial charge in [-0.1, -0.05) is 60.7 Å². The molecule has 0 saturated heterocycles. The van der Waals surface area contributed by atoms with Gasteiger partial charge in [0.15, 0.2) is 5.78 Å². The van der Waals surface area contributed by atoms with Gasteiger partial charge in [0.1, 0.15) is 24.7 Å². The van der Waals surface area contributed by atoms with E-state index in [2.05, 4.69) is 0 Å². The lowest BCUT2D eigenvalue weighted by Crippen LogP contribution is -2.01. The summed E-state index contributed by atoms with van der Waals surface area (Å²) in [6.45, 7) is 2.43. The molecule has 0 spiro atoms. The van der Waals surface area contributed by atoms with Crippen molar-refractivity contribution >= 4 is 5.78 Å². The molecule has 25 heavy (non-hydrogen) atoms. The van der Waals surface area contributed by atoms with E-state index in [9.17, 15) is 4.79 Å². The first-order valence-electron chi connectivity index (χ1n) is 8.20. The molecule has 126 valence electrons. The van der Waals surface area contributed by atoms with E-state index < -0.39 is 0 Å². The van der Waals surface area contributed by atoms with Gasteiger partial charge < -0.3 is 9.47 Å². The quantitative estimate of drug-likeness (QED) is 0.568. The normalized spacial score (nSPS) is 10.3. The van der Waals surface area contributed by atoms with Crippen LogP contribution in [0.3, 0.4) is 0 Å². The molecule has 0 aliphatic rings. The number of carbonyl (C=O) groups is 1. The molecule has 0 amide bonds. The number of hydrogen-bond acceptors (Lipinski definition) is 3. The Balaban J connectivity index is 1.73. The Morgan fingerprint density at radius 2 is 1.16 bits per heavy atom. The van der Waals surface area contributed by atoms with E-state index in [1.807, 2.05) is 66.7 Å². The second-order valence-corrected chi connectivity index (χ2v) is 5.80. The molecule has 3 aromatic rings. The van der Waals surface area contributed by atoms with Gasteiger partial charge in [0.25, 0.3) is 0 Å². The molecule has 3 nitrogen and oxygen atoms in total. The molecule has 0 aliphatic heterocycles. The molecular weight excluding hydrogens is 312 g/mol. The second kappa shape index (κ2) is 8.15. The number of ether oxygens (including phenoxy) is 2. The summed E-state index contributed by atoms with van der Waals surface area (Å²) in [5.41, 5.74) is 2.72. The number of hydrogen-bond donors (Lipinski definition) is 0. The predicted octanol–water partition coefficient (Wildman–Crippen LogP) is 5.05. The highest BCUT2D eigenvalue weighted by Crippen LogP contribution is 2.25. The van der Waals surface area contributed by atoms with Crippen molar-refractivity contribution in [1.82, 2.24) is 0 Å². The van der Waals surface area contributed by atoms with Crippen molar-refractivity contribution in [2.45, 2.75) is 20.1 Å². The molecule has 3 heteroatoms. The fourth-order valence-electron chi connectivity index (χ4n) is 2.42. The topological polar surface area (TPSA) is 35.5 Å². The number of benzene rings is 3. The third kappa shape index (κ3) is 4.95. The molecule has 0 aromatic heterocycles. The van der Waals surface area contributed by atoms with Crippen molar-refractivity contribution < 1.29 is 14.3 Å². The first kappa shape index (κ1) is 16.8. The SMILES string of the molecule is CC(=O)c1cc(OCc2ccccc2)cc(OCc2ccccc2)c1. The fraction of sp³-hybridized carbons (Fsp3) is 0.136. The molecule has 0 radical (unpaired) electrons. The van der Waals surface area contributed by atoms with Crippen LogP contribution in [0.25, 0.3) is 0 Å². The van der Waals surface area contributed by atoms with Gasteiger partial charge in [0.2, 0.25) is 0 Å². The van der Waals surface area contributed by atoms with E-state index in [1.165, 1.54) is 6.92 Å². The van der Waals surface area contributed by atoms with Gasteiger partial charge in [-0.15, -0.1) is 0 Å². The van der Waals surface area contributed by atoms with E-state index in [-0.39, 0.29) is 5.78 Å². The molecule has 3 rings (SSSR count). The lowest BCUT2D eigenvalue weighted by Gasteiger charge is -2.12. The van der Waals surface area contributed by atoms with Crippen molar-refractivity contribution in [3.05, 3.63) is 95.6 Å². The Labute approximate surface area is 147 Å². The van der Waals surface area contributed by atoms with Gasteiger partial charge in [-0.2, -0.15) is 0 Å². The average molecular weight is 332 g/mol. The van der Waals surface area contributed by atoms with Gasteiger partial charge in [-0.3, -0.25) is 4.79 Å². The summed E-state index contributed by atoms with van der Waals surface area (Å²) in [4.78, 5) is 11.8. The van der Waals surface area contributed by atoms with Crippen LogP contribution < -0.4 is 9.47 Å². The van der Waals surface area contributed by atoms with Gasteiger partial charge in [-0.05, 0) is 30.2 Å². The van der Waals surface area contributed by atoms with Gasteiger partial charge >= 0.3 is 0 Å². The summed E-state index contributed by atoms with van der Waals surface area (Å²) in [6.07, 6.45) is 0. The lowest BCUT2D eigenvalue weighted by atomic mass is 10.1. The van der Waals surface area contributed by atoms with Crippen molar-refractivity contribution in [3.63, 3.8) is 0 Å². The Kier molecular flexibility index (Phi) is 5.47. The first-order chi connectivity index (χ1) is 12.2. The van der Waals surface area contributed by atoms with Gasteiger partial charge in [0.05, 0.1) is 0 Å². The molecule has 0 heterocycles. The van der Waals surface area contributed by atoms with Crippen LogP contribution in [-0.2, 0) is 13.2 Å². The smallest absolute Gasteiger partial charge is 0.160 e. The van der Waals surface area contributed by atoms with E-state index in [1.54, 1.807) is 12.1 Å². The van der Waals surface area contributed by atoms with Crippen LogP contribution in [0.2, 0.25) is 0 Å². The van der Waals surface area contributed by atoms with E-state index in [0.29, 0.717) is 30.3 Å².